The zero-order valence-corrected chi connectivity index (χ0v) is 10.4. The molecular formula is C10H16N4O2S. The van der Waals surface area contributed by atoms with E-state index in [-0.39, 0.29) is 16.8 Å². The van der Waals surface area contributed by atoms with E-state index >= 15 is 0 Å². The lowest BCUT2D eigenvalue weighted by Gasteiger charge is -2.09. The summed E-state index contributed by atoms with van der Waals surface area (Å²) in [6.07, 6.45) is 3.38. The zero-order chi connectivity index (χ0) is 12.5. The van der Waals surface area contributed by atoms with Crippen molar-refractivity contribution < 1.29 is 8.42 Å². The molecule has 0 aliphatic heterocycles. The lowest BCUT2D eigenvalue weighted by molar-refractivity contribution is 0.576. The number of nitrogens with zero attached hydrogens (tertiary/aromatic N) is 1. The molecule has 0 aromatic carbocycles. The van der Waals surface area contributed by atoms with Gasteiger partial charge in [-0.05, 0) is 24.5 Å². The molecule has 2 atom stereocenters. The topological polar surface area (TPSA) is 97.1 Å². The van der Waals surface area contributed by atoms with E-state index in [9.17, 15) is 8.42 Å². The molecule has 0 amide bonds. The number of hydrogen-bond donors (Lipinski definition) is 3. The highest BCUT2D eigenvalue weighted by Gasteiger charge is 2.39. The van der Waals surface area contributed by atoms with Crippen LogP contribution in [0.1, 0.15) is 19.8 Å². The normalized spacial score (nSPS) is 23.4. The van der Waals surface area contributed by atoms with Crippen molar-refractivity contribution in [2.24, 2.45) is 11.8 Å². The fraction of sp³-hybridized carbons (Fsp3) is 0.500. The minimum absolute atomic E-state index is 0.0517. The van der Waals surface area contributed by atoms with Crippen LogP contribution in [-0.2, 0) is 10.0 Å². The predicted molar refractivity (Wildman–Crippen MR) is 64.6 cm³/mol. The molecule has 17 heavy (non-hydrogen) atoms. The molecule has 1 aromatic heterocycles. The van der Waals surface area contributed by atoms with Gasteiger partial charge in [0.15, 0.2) is 5.82 Å². The molecular weight excluding hydrogens is 240 g/mol. The third-order valence-electron chi connectivity index (χ3n) is 2.95. The summed E-state index contributed by atoms with van der Waals surface area (Å²) in [4.78, 5) is 3.96. The van der Waals surface area contributed by atoms with Crippen LogP contribution < -0.4 is 16.0 Å². The molecule has 0 saturated heterocycles. The van der Waals surface area contributed by atoms with E-state index in [0.717, 1.165) is 12.8 Å². The maximum atomic E-state index is 12.1. The predicted octanol–water partition coefficient (Wildman–Crippen LogP) is 0.444. The van der Waals surface area contributed by atoms with Crippen LogP contribution in [0.5, 0.6) is 0 Å². The first-order valence-electron chi connectivity index (χ1n) is 5.52. The first-order valence-corrected chi connectivity index (χ1v) is 7.00. The van der Waals surface area contributed by atoms with Crippen LogP contribution in [0, 0.1) is 5.92 Å². The average Bonchev–Trinajstić information content (AvgIpc) is 3.06. The van der Waals surface area contributed by atoms with Gasteiger partial charge in [-0.1, -0.05) is 13.3 Å². The molecule has 94 valence electrons. The number of sulfonamides is 1. The number of nitrogens with two attached hydrogens (primary N) is 1. The molecule has 2 unspecified atom stereocenters. The maximum Gasteiger partial charge on any atom is 0.244 e. The highest BCUT2D eigenvalue weighted by atomic mass is 32.2. The van der Waals surface area contributed by atoms with Gasteiger partial charge < -0.3 is 5.43 Å². The molecule has 2 rings (SSSR count). The lowest BCUT2D eigenvalue weighted by atomic mass is 10.3. The van der Waals surface area contributed by atoms with Gasteiger partial charge in [-0.15, -0.1) is 0 Å². The van der Waals surface area contributed by atoms with Gasteiger partial charge in [-0.3, -0.25) is 0 Å². The molecule has 4 N–H and O–H groups in total. The summed E-state index contributed by atoms with van der Waals surface area (Å²) in [5, 5.41) is 0. The second-order valence-corrected chi connectivity index (χ2v) is 5.81. The largest absolute Gasteiger partial charge is 0.307 e. The highest BCUT2D eigenvalue weighted by Crippen LogP contribution is 2.34. The average molecular weight is 256 g/mol. The zero-order valence-electron chi connectivity index (χ0n) is 9.55. The summed E-state index contributed by atoms with van der Waals surface area (Å²) in [6, 6.07) is 3.10. The standard InChI is InChI=1S/C10H16N4O2S/c1-2-7-6-8(7)14-17(15,16)9-4-3-5-12-10(9)13-11/h3-5,7-8,14H,2,6,11H2,1H3,(H,12,13). The number of hydrogen-bond acceptors (Lipinski definition) is 5. The summed E-state index contributed by atoms with van der Waals surface area (Å²) in [5.74, 6) is 5.86. The molecule has 0 spiro atoms. The molecule has 7 heteroatoms. The fourth-order valence-corrected chi connectivity index (χ4v) is 3.26. The van der Waals surface area contributed by atoms with Gasteiger partial charge in [-0.25, -0.2) is 24.0 Å². The van der Waals surface area contributed by atoms with Gasteiger partial charge in [0, 0.05) is 12.2 Å². The van der Waals surface area contributed by atoms with Gasteiger partial charge in [0.05, 0.1) is 0 Å². The Bertz CT molecular complexity index is 503. The fourth-order valence-electron chi connectivity index (χ4n) is 1.82. The third kappa shape index (κ3) is 2.56. The highest BCUT2D eigenvalue weighted by molar-refractivity contribution is 7.89. The number of nitrogens with one attached hydrogen (secondary N) is 2. The van der Waals surface area contributed by atoms with Crippen LogP contribution in [0.25, 0.3) is 0 Å². The minimum atomic E-state index is -3.54. The van der Waals surface area contributed by atoms with E-state index in [1.165, 1.54) is 12.3 Å². The summed E-state index contributed by atoms with van der Waals surface area (Å²) in [6.45, 7) is 2.05. The number of hydrazine groups is 1. The molecule has 6 nitrogen and oxygen atoms in total. The molecule has 1 aliphatic rings. The Balaban J connectivity index is 2.20. The molecule has 1 saturated carbocycles. The Labute approximate surface area is 101 Å². The summed E-state index contributed by atoms with van der Waals surface area (Å²) < 4.78 is 26.8. The first kappa shape index (κ1) is 12.3. The number of nitrogen functional groups attached to an aromatic ring is 1. The van der Waals surface area contributed by atoms with Crippen molar-refractivity contribution in [1.82, 2.24) is 9.71 Å². The van der Waals surface area contributed by atoms with Crippen molar-refractivity contribution in [3.8, 4) is 0 Å². The van der Waals surface area contributed by atoms with Crippen molar-refractivity contribution in [2.45, 2.75) is 30.7 Å². The molecule has 1 heterocycles. The van der Waals surface area contributed by atoms with Crippen molar-refractivity contribution in [2.75, 3.05) is 5.43 Å². The second kappa shape index (κ2) is 4.59. The second-order valence-electron chi connectivity index (χ2n) is 4.13. The quantitative estimate of drug-likeness (QED) is 0.525. The Hall–Kier alpha value is -1.18. The van der Waals surface area contributed by atoms with Crippen molar-refractivity contribution in [3.63, 3.8) is 0 Å². The minimum Gasteiger partial charge on any atom is -0.307 e. The van der Waals surface area contributed by atoms with Crippen molar-refractivity contribution >= 4 is 15.8 Å². The number of aromatic nitrogens is 1. The van der Waals surface area contributed by atoms with E-state index in [1.807, 2.05) is 0 Å². The van der Waals surface area contributed by atoms with E-state index in [4.69, 9.17) is 5.84 Å². The third-order valence-corrected chi connectivity index (χ3v) is 4.47. The van der Waals surface area contributed by atoms with Crippen LogP contribution >= 0.6 is 0 Å². The van der Waals surface area contributed by atoms with Crippen LogP contribution in [0.15, 0.2) is 23.2 Å². The van der Waals surface area contributed by atoms with E-state index in [2.05, 4.69) is 22.1 Å². The van der Waals surface area contributed by atoms with Gasteiger partial charge in [0.2, 0.25) is 10.0 Å². The van der Waals surface area contributed by atoms with Crippen molar-refractivity contribution in [1.29, 1.82) is 0 Å². The molecule has 0 radical (unpaired) electrons. The lowest BCUT2D eigenvalue weighted by Crippen LogP contribution is -2.28. The molecule has 1 fully saturated rings. The Morgan fingerprint density at radius 3 is 2.94 bits per heavy atom. The SMILES string of the molecule is CCC1CC1NS(=O)(=O)c1cccnc1NN. The Morgan fingerprint density at radius 2 is 2.35 bits per heavy atom. The van der Waals surface area contributed by atoms with Crippen molar-refractivity contribution in [3.05, 3.63) is 18.3 Å². The number of pyridine rings is 1. The number of rotatable bonds is 5. The van der Waals surface area contributed by atoms with Gasteiger partial charge in [-0.2, -0.15) is 0 Å². The van der Waals surface area contributed by atoms with Gasteiger partial charge in [0.25, 0.3) is 0 Å². The number of anilines is 1. The Morgan fingerprint density at radius 1 is 1.59 bits per heavy atom. The van der Waals surface area contributed by atoms with Crippen LogP contribution in [0.4, 0.5) is 5.82 Å². The van der Waals surface area contributed by atoms with Crippen LogP contribution in [0.2, 0.25) is 0 Å². The molecule has 1 aromatic rings. The molecule has 1 aliphatic carbocycles. The van der Waals surface area contributed by atoms with Crippen LogP contribution in [0.3, 0.4) is 0 Å². The summed E-state index contributed by atoms with van der Waals surface area (Å²) >= 11 is 0. The Kier molecular flexibility index (Phi) is 3.32. The van der Waals surface area contributed by atoms with Crippen LogP contribution in [-0.4, -0.2) is 19.4 Å². The van der Waals surface area contributed by atoms with Gasteiger partial charge >= 0.3 is 0 Å². The summed E-state index contributed by atoms with van der Waals surface area (Å²) in [7, 11) is -3.54. The summed E-state index contributed by atoms with van der Waals surface area (Å²) in [5.41, 5.74) is 2.29. The molecule has 0 bridgehead atoms. The van der Waals surface area contributed by atoms with Gasteiger partial charge in [0.1, 0.15) is 4.90 Å². The first-order chi connectivity index (χ1) is 8.08. The van der Waals surface area contributed by atoms with E-state index in [1.54, 1.807) is 6.07 Å². The van der Waals surface area contributed by atoms with E-state index < -0.39 is 10.0 Å². The maximum absolute atomic E-state index is 12.1. The van der Waals surface area contributed by atoms with E-state index in [0.29, 0.717) is 5.92 Å². The smallest absolute Gasteiger partial charge is 0.244 e. The monoisotopic (exact) mass is 256 g/mol.